The van der Waals surface area contributed by atoms with Gasteiger partial charge < -0.3 is 23.2 Å². The molecular weight excluding hydrogens is 1030 g/mol. The molecule has 5 heteroatoms. The number of nitrogens with zero attached hydrogens (tertiary/aromatic N) is 3. The van der Waals surface area contributed by atoms with Crippen LogP contribution in [0.2, 0.25) is 0 Å². The molecule has 0 aliphatic heterocycles. The molecule has 17 aromatic rings. The molecule has 3 aromatic heterocycles. The zero-order valence-corrected chi connectivity index (χ0v) is 46.1. The summed E-state index contributed by atoms with van der Waals surface area (Å²) < 4.78 is 15.4. The van der Waals surface area contributed by atoms with Crippen LogP contribution in [0.3, 0.4) is 0 Å². The van der Waals surface area contributed by atoms with E-state index in [4.69, 9.17) is 8.83 Å². The summed E-state index contributed by atoms with van der Waals surface area (Å²) in [5.74, 6) is 0. The van der Waals surface area contributed by atoms with Gasteiger partial charge in [-0.25, -0.2) is 0 Å². The molecule has 0 bridgehead atoms. The van der Waals surface area contributed by atoms with Crippen LogP contribution in [-0.4, -0.2) is 4.57 Å². The van der Waals surface area contributed by atoms with Crippen LogP contribution in [0.1, 0.15) is 0 Å². The quantitative estimate of drug-likeness (QED) is 0.128. The lowest BCUT2D eigenvalue weighted by Gasteiger charge is -2.30. The van der Waals surface area contributed by atoms with Crippen LogP contribution in [0.5, 0.6) is 0 Å². The summed E-state index contributed by atoms with van der Waals surface area (Å²) in [6.07, 6.45) is 0. The molecule has 5 nitrogen and oxygen atoms in total. The molecule has 0 saturated carbocycles. The Morgan fingerprint density at radius 3 is 1.15 bits per heavy atom. The Hall–Kier alpha value is -11.4. The van der Waals surface area contributed by atoms with E-state index in [1.54, 1.807) is 0 Å². The maximum Gasteiger partial charge on any atom is 0.135 e. The zero-order chi connectivity index (χ0) is 56.0. The minimum absolute atomic E-state index is 0.842. The molecular formula is C80H51N3O2. The molecule has 0 aliphatic rings. The highest BCUT2D eigenvalue weighted by Gasteiger charge is 2.24. The minimum Gasteiger partial charge on any atom is -0.456 e. The summed E-state index contributed by atoms with van der Waals surface area (Å²) in [7, 11) is 0. The monoisotopic (exact) mass is 1090 g/mol. The second kappa shape index (κ2) is 19.7. The van der Waals surface area contributed by atoms with E-state index in [1.807, 2.05) is 12.1 Å². The first-order valence-electron chi connectivity index (χ1n) is 29.0. The van der Waals surface area contributed by atoms with Crippen molar-refractivity contribution >= 4 is 121 Å². The fourth-order valence-electron chi connectivity index (χ4n) is 13.2. The van der Waals surface area contributed by atoms with Gasteiger partial charge in [0, 0.05) is 77.5 Å². The van der Waals surface area contributed by atoms with E-state index >= 15 is 0 Å². The van der Waals surface area contributed by atoms with Gasteiger partial charge in [0.25, 0.3) is 0 Å². The predicted molar refractivity (Wildman–Crippen MR) is 356 cm³/mol. The average Bonchev–Trinajstić information content (AvgIpc) is 2.80. The van der Waals surface area contributed by atoms with Crippen molar-refractivity contribution in [1.82, 2.24) is 4.57 Å². The second-order valence-electron chi connectivity index (χ2n) is 22.0. The molecule has 3 heterocycles. The highest BCUT2D eigenvalue weighted by Crippen LogP contribution is 2.48. The number of furan rings is 2. The lowest BCUT2D eigenvalue weighted by molar-refractivity contribution is 0.668. The van der Waals surface area contributed by atoms with E-state index in [9.17, 15) is 0 Å². The first-order chi connectivity index (χ1) is 42.1. The number of fused-ring (bicyclic) bond motifs is 14. The molecule has 0 aliphatic carbocycles. The summed E-state index contributed by atoms with van der Waals surface area (Å²) >= 11 is 0. The Kier molecular flexibility index (Phi) is 11.2. The molecule has 0 fully saturated rings. The van der Waals surface area contributed by atoms with Gasteiger partial charge >= 0.3 is 0 Å². The highest BCUT2D eigenvalue weighted by atomic mass is 16.3. The van der Waals surface area contributed by atoms with Gasteiger partial charge in [-0.1, -0.05) is 194 Å². The van der Waals surface area contributed by atoms with Gasteiger partial charge in [0.15, 0.2) is 0 Å². The summed E-state index contributed by atoms with van der Waals surface area (Å²) in [6, 6.07) is 112. The number of hydrogen-bond acceptors (Lipinski definition) is 4. The smallest absolute Gasteiger partial charge is 0.135 e. The number of aromatic nitrogens is 1. The van der Waals surface area contributed by atoms with Crippen molar-refractivity contribution in [2.24, 2.45) is 0 Å². The third kappa shape index (κ3) is 8.08. The van der Waals surface area contributed by atoms with E-state index in [0.717, 1.165) is 123 Å². The van der Waals surface area contributed by atoms with Crippen molar-refractivity contribution in [3.63, 3.8) is 0 Å². The summed E-state index contributed by atoms with van der Waals surface area (Å²) in [6.45, 7) is 0. The van der Waals surface area contributed by atoms with Crippen molar-refractivity contribution in [3.8, 4) is 39.1 Å². The SMILES string of the molecule is c1ccc(-c2ccc(N(c3cc(-c4ccc5c(c4)c4c6ccccc6c6ccccc6c4n5-c4ccccc4)cc(N(c4ccc(-c5ccccc5)cc4)c4ccc5oc6ccccc6c5c4)c3)c3ccc4oc5ccccc5c4c3)cc2)cc1. The Morgan fingerprint density at radius 2 is 0.624 bits per heavy atom. The van der Waals surface area contributed by atoms with Crippen molar-refractivity contribution in [2.45, 2.75) is 0 Å². The molecule has 0 N–H and O–H groups in total. The largest absolute Gasteiger partial charge is 0.456 e. The van der Waals surface area contributed by atoms with Gasteiger partial charge in [-0.15, -0.1) is 0 Å². The lowest BCUT2D eigenvalue weighted by Crippen LogP contribution is -2.13. The first kappa shape index (κ1) is 48.3. The van der Waals surface area contributed by atoms with Gasteiger partial charge in [-0.05, 0) is 165 Å². The highest BCUT2D eigenvalue weighted by molar-refractivity contribution is 6.32. The molecule has 0 saturated heterocycles. The molecule has 398 valence electrons. The van der Waals surface area contributed by atoms with E-state index in [-0.39, 0.29) is 0 Å². The molecule has 0 radical (unpaired) electrons. The predicted octanol–water partition coefficient (Wildman–Crippen LogP) is 22.8. The summed E-state index contributed by atoms with van der Waals surface area (Å²) in [5.41, 5.74) is 19.6. The first-order valence-corrected chi connectivity index (χ1v) is 29.0. The van der Waals surface area contributed by atoms with Crippen LogP contribution in [-0.2, 0) is 0 Å². The molecule has 0 atom stereocenters. The van der Waals surface area contributed by atoms with Crippen LogP contribution in [0.25, 0.3) is 126 Å². The third-order valence-electron chi connectivity index (χ3n) is 17.1. The van der Waals surface area contributed by atoms with Crippen molar-refractivity contribution in [3.05, 3.63) is 309 Å². The standard InChI is InChI=1S/C80H51N3O2/c1-4-18-52(19-5-1)54-32-37-59(38-33-54)81(61-41-44-77-71(50-61)67-26-14-16-30-75(67)84-77)63-46-57(56-36-43-74-73(48-56)79-69-28-12-10-24-65(69)66-25-11-13-29-70(66)80(79)83(74)58-22-8-3-9-23-58)47-64(49-63)82(60-39-34-55(35-40-60)53-20-6-2-7-21-53)62-42-45-78-72(51-62)68-27-15-17-31-76(68)85-78/h1-51H. The number of rotatable bonds is 10. The average molecular weight is 1090 g/mol. The van der Waals surface area contributed by atoms with Gasteiger partial charge in [0.1, 0.15) is 22.3 Å². The van der Waals surface area contributed by atoms with Crippen LogP contribution in [0.4, 0.5) is 34.1 Å². The van der Waals surface area contributed by atoms with E-state index in [1.165, 1.54) is 37.8 Å². The van der Waals surface area contributed by atoms with Crippen molar-refractivity contribution in [2.75, 3.05) is 9.80 Å². The molecule has 17 rings (SSSR count). The fourth-order valence-corrected chi connectivity index (χ4v) is 13.2. The van der Waals surface area contributed by atoms with E-state index < -0.39 is 0 Å². The van der Waals surface area contributed by atoms with Crippen molar-refractivity contribution in [1.29, 1.82) is 0 Å². The van der Waals surface area contributed by atoms with Crippen LogP contribution in [0, 0.1) is 0 Å². The van der Waals surface area contributed by atoms with Gasteiger partial charge in [-0.3, -0.25) is 0 Å². The Morgan fingerprint density at radius 1 is 0.224 bits per heavy atom. The Balaban J connectivity index is 0.956. The van der Waals surface area contributed by atoms with Crippen molar-refractivity contribution < 1.29 is 8.83 Å². The van der Waals surface area contributed by atoms with Gasteiger partial charge in [0.05, 0.1) is 11.0 Å². The van der Waals surface area contributed by atoms with Crippen LogP contribution < -0.4 is 9.80 Å². The Bertz CT molecular complexity index is 5190. The zero-order valence-electron chi connectivity index (χ0n) is 46.1. The lowest BCUT2D eigenvalue weighted by atomic mass is 9.95. The molecule has 0 unspecified atom stereocenters. The summed E-state index contributed by atoms with van der Waals surface area (Å²) in [5, 5.41) is 11.6. The van der Waals surface area contributed by atoms with Gasteiger partial charge in [-0.2, -0.15) is 0 Å². The minimum atomic E-state index is 0.842. The topological polar surface area (TPSA) is 37.7 Å². The Labute approximate surface area is 490 Å². The molecule has 0 spiro atoms. The van der Waals surface area contributed by atoms with Crippen LogP contribution in [0.15, 0.2) is 318 Å². The second-order valence-corrected chi connectivity index (χ2v) is 22.0. The maximum absolute atomic E-state index is 6.49. The normalized spacial score (nSPS) is 11.8. The number of anilines is 6. The molecule has 0 amide bonds. The summed E-state index contributed by atoms with van der Waals surface area (Å²) in [4.78, 5) is 4.82. The number of hydrogen-bond donors (Lipinski definition) is 0. The molecule has 85 heavy (non-hydrogen) atoms. The van der Waals surface area contributed by atoms with Crippen LogP contribution >= 0.6 is 0 Å². The molecule has 14 aromatic carbocycles. The van der Waals surface area contributed by atoms with Gasteiger partial charge in [0.2, 0.25) is 0 Å². The fraction of sp³-hybridized carbons (Fsp3) is 0. The van der Waals surface area contributed by atoms with E-state index in [0.29, 0.717) is 0 Å². The maximum atomic E-state index is 6.49. The third-order valence-corrected chi connectivity index (χ3v) is 17.1. The number of para-hydroxylation sites is 3. The number of benzene rings is 14. The van der Waals surface area contributed by atoms with E-state index in [2.05, 4.69) is 312 Å².